The molecule has 0 spiro atoms. The van der Waals surface area contributed by atoms with Crippen molar-refractivity contribution in [2.75, 3.05) is 6.54 Å². The molecule has 0 atom stereocenters. The number of benzene rings is 1. The number of ether oxygens (including phenoxy) is 1. The van der Waals surface area contributed by atoms with Gasteiger partial charge in [0.15, 0.2) is 0 Å². The van der Waals surface area contributed by atoms with Gasteiger partial charge < -0.3 is 10.1 Å². The lowest BCUT2D eigenvalue weighted by molar-refractivity contribution is 0.141. The second kappa shape index (κ2) is 8.07. The highest BCUT2D eigenvalue weighted by atomic mass is 35.5. The van der Waals surface area contributed by atoms with E-state index in [4.69, 9.17) is 16.3 Å². The maximum absolute atomic E-state index is 11.5. The highest BCUT2D eigenvalue weighted by Crippen LogP contribution is 2.14. The van der Waals surface area contributed by atoms with E-state index in [0.717, 1.165) is 11.1 Å². The van der Waals surface area contributed by atoms with E-state index in [1.807, 2.05) is 30.3 Å². The number of nitrogens with one attached hydrogen (secondary N) is 1. The molecule has 1 aromatic carbocycles. The minimum absolute atomic E-state index is 0.255. The lowest BCUT2D eigenvalue weighted by Gasteiger charge is -2.05. The molecule has 0 bridgehead atoms. The van der Waals surface area contributed by atoms with Gasteiger partial charge in [-0.2, -0.15) is 0 Å². The summed E-state index contributed by atoms with van der Waals surface area (Å²) in [5, 5.41) is 3.25. The Labute approximate surface area is 128 Å². The number of aromatic nitrogens is 1. The van der Waals surface area contributed by atoms with Crippen LogP contribution in [-0.2, 0) is 11.3 Å². The Bertz CT molecular complexity index is 615. The molecule has 0 aliphatic heterocycles. The highest BCUT2D eigenvalue weighted by Gasteiger charge is 2.00. The summed E-state index contributed by atoms with van der Waals surface area (Å²) in [5.41, 5.74) is 1.75. The number of pyridine rings is 1. The summed E-state index contributed by atoms with van der Waals surface area (Å²) >= 11 is 5.98. The Morgan fingerprint density at radius 1 is 1.29 bits per heavy atom. The third-order valence-corrected chi connectivity index (χ3v) is 3.01. The van der Waals surface area contributed by atoms with Gasteiger partial charge >= 0.3 is 6.09 Å². The monoisotopic (exact) mass is 302 g/mol. The number of hydrogen-bond acceptors (Lipinski definition) is 3. The van der Waals surface area contributed by atoms with Crippen molar-refractivity contribution in [2.24, 2.45) is 0 Å². The van der Waals surface area contributed by atoms with Gasteiger partial charge in [0.05, 0.1) is 5.02 Å². The molecule has 1 heterocycles. The number of alkyl carbamates (subject to hydrolysis) is 1. The Kier molecular flexibility index (Phi) is 5.79. The number of halogens is 1. The summed E-state index contributed by atoms with van der Waals surface area (Å²) in [7, 11) is 0. The fraction of sp³-hybridized carbons (Fsp3) is 0.125. The lowest BCUT2D eigenvalue weighted by Crippen LogP contribution is -2.24. The van der Waals surface area contributed by atoms with E-state index in [2.05, 4.69) is 10.3 Å². The molecule has 0 unspecified atom stereocenters. The molecule has 4 nitrogen and oxygen atoms in total. The first-order valence-electron chi connectivity index (χ1n) is 6.46. The molecule has 0 fully saturated rings. The first-order valence-corrected chi connectivity index (χ1v) is 6.84. The summed E-state index contributed by atoms with van der Waals surface area (Å²) in [6.45, 7) is 0.615. The molecule has 0 aliphatic rings. The highest BCUT2D eigenvalue weighted by molar-refractivity contribution is 6.32. The van der Waals surface area contributed by atoms with Crippen molar-refractivity contribution >= 4 is 23.8 Å². The van der Waals surface area contributed by atoms with E-state index in [0.29, 0.717) is 11.6 Å². The zero-order valence-electron chi connectivity index (χ0n) is 11.3. The average Bonchev–Trinajstić information content (AvgIpc) is 2.52. The molecule has 108 valence electrons. The molecule has 5 heteroatoms. The molecule has 2 rings (SSSR count). The van der Waals surface area contributed by atoms with Gasteiger partial charge in [-0.05, 0) is 11.6 Å². The number of amides is 1. The van der Waals surface area contributed by atoms with Gasteiger partial charge in [-0.25, -0.2) is 4.79 Å². The van der Waals surface area contributed by atoms with Crippen molar-refractivity contribution in [1.82, 2.24) is 10.3 Å². The maximum Gasteiger partial charge on any atom is 0.407 e. The van der Waals surface area contributed by atoms with Crippen LogP contribution in [0.25, 0.3) is 6.08 Å². The first-order chi connectivity index (χ1) is 10.3. The molecule has 1 amide bonds. The molecule has 21 heavy (non-hydrogen) atoms. The Hall–Kier alpha value is -2.33. The molecule has 0 saturated carbocycles. The van der Waals surface area contributed by atoms with Gasteiger partial charge in [-0.1, -0.05) is 54.1 Å². The van der Waals surface area contributed by atoms with Gasteiger partial charge in [-0.3, -0.25) is 4.98 Å². The predicted molar refractivity (Wildman–Crippen MR) is 82.9 cm³/mol. The molecule has 0 radical (unpaired) electrons. The third kappa shape index (κ3) is 5.28. The summed E-state index contributed by atoms with van der Waals surface area (Å²) in [5.74, 6) is 0. The number of carbonyl (C=O) groups excluding carboxylic acids is 1. The Morgan fingerprint density at radius 3 is 2.86 bits per heavy atom. The summed E-state index contributed by atoms with van der Waals surface area (Å²) < 4.78 is 5.08. The maximum atomic E-state index is 11.5. The summed E-state index contributed by atoms with van der Waals surface area (Å²) in [6.07, 6.45) is 6.41. The standard InChI is InChI=1S/C16H15ClN2O2/c17-15-8-10-18-11-14(15)7-4-9-19-16(20)21-12-13-5-2-1-3-6-13/h1-8,10-11H,9,12H2,(H,19,20). The number of nitrogens with zero attached hydrogens (tertiary/aromatic N) is 1. The first kappa shape index (κ1) is 15.1. The van der Waals surface area contributed by atoms with E-state index in [-0.39, 0.29) is 6.61 Å². The minimum Gasteiger partial charge on any atom is -0.445 e. The van der Waals surface area contributed by atoms with Crippen molar-refractivity contribution in [2.45, 2.75) is 6.61 Å². The summed E-state index contributed by atoms with van der Waals surface area (Å²) in [6, 6.07) is 11.2. The molecular formula is C16H15ClN2O2. The lowest BCUT2D eigenvalue weighted by atomic mass is 10.2. The Morgan fingerprint density at radius 2 is 2.10 bits per heavy atom. The number of hydrogen-bond donors (Lipinski definition) is 1. The van der Waals surface area contributed by atoms with Gasteiger partial charge in [0.25, 0.3) is 0 Å². The topological polar surface area (TPSA) is 51.2 Å². The molecule has 2 aromatic rings. The van der Waals surface area contributed by atoms with Crippen LogP contribution in [0.3, 0.4) is 0 Å². The zero-order chi connectivity index (χ0) is 14.9. The second-order valence-corrected chi connectivity index (χ2v) is 4.65. The van der Waals surface area contributed by atoms with Crippen LogP contribution in [0.4, 0.5) is 4.79 Å². The van der Waals surface area contributed by atoms with Gasteiger partial charge in [0, 0.05) is 24.5 Å². The number of rotatable bonds is 5. The van der Waals surface area contributed by atoms with Crippen molar-refractivity contribution in [3.8, 4) is 0 Å². The van der Waals surface area contributed by atoms with Gasteiger partial charge in [0.1, 0.15) is 6.61 Å². The van der Waals surface area contributed by atoms with E-state index < -0.39 is 6.09 Å². The van der Waals surface area contributed by atoms with Crippen molar-refractivity contribution in [3.05, 3.63) is 71.0 Å². The SMILES string of the molecule is O=C(NCC=Cc1cnccc1Cl)OCc1ccccc1. The predicted octanol–water partition coefficient (Wildman–Crippen LogP) is 3.67. The zero-order valence-corrected chi connectivity index (χ0v) is 12.1. The Balaban J connectivity index is 1.71. The second-order valence-electron chi connectivity index (χ2n) is 4.24. The average molecular weight is 303 g/mol. The fourth-order valence-electron chi connectivity index (χ4n) is 1.61. The van der Waals surface area contributed by atoms with E-state index in [9.17, 15) is 4.79 Å². The fourth-order valence-corrected chi connectivity index (χ4v) is 1.78. The van der Waals surface area contributed by atoms with E-state index >= 15 is 0 Å². The van der Waals surface area contributed by atoms with E-state index in [1.54, 1.807) is 30.6 Å². The van der Waals surface area contributed by atoms with E-state index in [1.165, 1.54) is 0 Å². The van der Waals surface area contributed by atoms with Crippen LogP contribution in [0, 0.1) is 0 Å². The van der Waals surface area contributed by atoms with Crippen LogP contribution in [0.15, 0.2) is 54.9 Å². The summed E-state index contributed by atoms with van der Waals surface area (Å²) in [4.78, 5) is 15.5. The van der Waals surface area contributed by atoms with Crippen LogP contribution in [0.5, 0.6) is 0 Å². The quantitative estimate of drug-likeness (QED) is 0.916. The molecule has 1 aromatic heterocycles. The van der Waals surface area contributed by atoms with Crippen LogP contribution in [-0.4, -0.2) is 17.6 Å². The van der Waals surface area contributed by atoms with Crippen molar-refractivity contribution in [3.63, 3.8) is 0 Å². The third-order valence-electron chi connectivity index (χ3n) is 2.67. The van der Waals surface area contributed by atoms with Crippen LogP contribution in [0.2, 0.25) is 5.02 Å². The molecular weight excluding hydrogens is 288 g/mol. The normalized spacial score (nSPS) is 10.5. The van der Waals surface area contributed by atoms with Crippen LogP contribution < -0.4 is 5.32 Å². The molecule has 1 N–H and O–H groups in total. The number of carbonyl (C=O) groups is 1. The molecule has 0 aliphatic carbocycles. The minimum atomic E-state index is -0.458. The van der Waals surface area contributed by atoms with Crippen molar-refractivity contribution < 1.29 is 9.53 Å². The van der Waals surface area contributed by atoms with Crippen LogP contribution in [0.1, 0.15) is 11.1 Å². The van der Waals surface area contributed by atoms with Crippen LogP contribution >= 0.6 is 11.6 Å². The smallest absolute Gasteiger partial charge is 0.407 e. The van der Waals surface area contributed by atoms with Crippen molar-refractivity contribution in [1.29, 1.82) is 0 Å². The largest absolute Gasteiger partial charge is 0.445 e. The molecule has 0 saturated heterocycles. The van der Waals surface area contributed by atoms with Gasteiger partial charge in [0.2, 0.25) is 0 Å². The van der Waals surface area contributed by atoms with Gasteiger partial charge in [-0.15, -0.1) is 0 Å².